The van der Waals surface area contributed by atoms with E-state index in [9.17, 15) is 23.2 Å². The molecule has 1 aliphatic heterocycles. The SMILES string of the molecule is N#Cc1cc2c(cc1OC(F)(F)F)c1c(n2C(=O)NCc2ccnc(Cl)c2)CCN(CC=Cc2ccc(Cl)cc2)C1. The third kappa shape index (κ3) is 6.65. The standard InChI is InChI=1S/C29H22Cl2F3N5O2/c30-21-5-3-18(4-6-21)2-1-10-38-11-8-24-23(17-38)22-14-26(41-29(32,33)34)20(15-35)13-25(22)39(24)28(40)37-16-19-7-9-36-27(31)12-19/h1-7,9,12-14H,8,10-11,16-17H2,(H,37,40). The number of carbonyl (C=O) groups is 1. The molecule has 12 heteroatoms. The second-order valence-corrected chi connectivity index (χ2v) is 10.2. The van der Waals surface area contributed by atoms with Crippen LogP contribution in [0.1, 0.15) is 27.9 Å². The molecule has 4 aromatic rings. The van der Waals surface area contributed by atoms with Crippen molar-refractivity contribution in [1.82, 2.24) is 19.8 Å². The second-order valence-electron chi connectivity index (χ2n) is 9.37. The molecule has 0 saturated heterocycles. The number of halogens is 5. The molecule has 2 aromatic heterocycles. The van der Waals surface area contributed by atoms with Crippen molar-refractivity contribution in [2.24, 2.45) is 0 Å². The van der Waals surface area contributed by atoms with E-state index >= 15 is 0 Å². The molecule has 5 rings (SSSR count). The van der Waals surface area contributed by atoms with Gasteiger partial charge in [-0.2, -0.15) is 5.26 Å². The minimum absolute atomic E-state index is 0.150. The highest BCUT2D eigenvalue weighted by molar-refractivity contribution is 6.30. The lowest BCUT2D eigenvalue weighted by Gasteiger charge is -2.27. The van der Waals surface area contributed by atoms with Gasteiger partial charge in [0.15, 0.2) is 0 Å². The van der Waals surface area contributed by atoms with Crippen molar-refractivity contribution >= 4 is 46.2 Å². The van der Waals surface area contributed by atoms with E-state index in [1.54, 1.807) is 30.3 Å². The second kappa shape index (κ2) is 11.8. The lowest BCUT2D eigenvalue weighted by Crippen LogP contribution is -2.34. The average molecular weight is 600 g/mol. The number of hydrogen-bond acceptors (Lipinski definition) is 5. The highest BCUT2D eigenvalue weighted by Crippen LogP contribution is 2.37. The Labute approximate surface area is 243 Å². The predicted octanol–water partition coefficient (Wildman–Crippen LogP) is 6.94. The Morgan fingerprint density at radius 3 is 2.66 bits per heavy atom. The molecule has 0 aliphatic carbocycles. The van der Waals surface area contributed by atoms with Crippen LogP contribution >= 0.6 is 23.2 Å². The van der Waals surface area contributed by atoms with Gasteiger partial charge in [-0.25, -0.2) is 9.78 Å². The molecule has 0 bridgehead atoms. The van der Waals surface area contributed by atoms with Crippen LogP contribution in [0.3, 0.4) is 0 Å². The molecule has 0 fully saturated rings. The van der Waals surface area contributed by atoms with Crippen LogP contribution in [0.25, 0.3) is 17.0 Å². The molecule has 1 amide bonds. The third-order valence-corrected chi connectivity index (χ3v) is 7.12. The zero-order chi connectivity index (χ0) is 29.1. The maximum atomic E-state index is 13.5. The molecule has 0 saturated carbocycles. The highest BCUT2D eigenvalue weighted by atomic mass is 35.5. The van der Waals surface area contributed by atoms with Gasteiger partial charge in [-0.3, -0.25) is 9.47 Å². The Hall–Kier alpha value is -4.04. The average Bonchev–Trinajstić information content (AvgIpc) is 3.24. The summed E-state index contributed by atoms with van der Waals surface area (Å²) < 4.78 is 45.0. The number of hydrogen-bond donors (Lipinski definition) is 1. The molecule has 3 heterocycles. The fraction of sp³-hybridized carbons (Fsp3) is 0.207. The molecule has 0 unspecified atom stereocenters. The van der Waals surface area contributed by atoms with Crippen LogP contribution in [0.2, 0.25) is 10.2 Å². The Kier molecular flexibility index (Phi) is 8.22. The van der Waals surface area contributed by atoms with Gasteiger partial charge < -0.3 is 10.1 Å². The number of nitriles is 1. The zero-order valence-electron chi connectivity index (χ0n) is 21.4. The number of amides is 1. The summed E-state index contributed by atoms with van der Waals surface area (Å²) in [6.45, 7) is 1.72. The van der Waals surface area contributed by atoms with Crippen molar-refractivity contribution in [3.8, 4) is 11.8 Å². The molecule has 0 spiro atoms. The van der Waals surface area contributed by atoms with E-state index < -0.39 is 18.1 Å². The largest absolute Gasteiger partial charge is 0.573 e. The number of nitrogens with zero attached hydrogens (tertiary/aromatic N) is 4. The van der Waals surface area contributed by atoms with Gasteiger partial charge in [0.2, 0.25) is 0 Å². The van der Waals surface area contributed by atoms with Gasteiger partial charge in [-0.15, -0.1) is 13.2 Å². The van der Waals surface area contributed by atoms with Gasteiger partial charge >= 0.3 is 12.4 Å². The first kappa shape index (κ1) is 28.5. The molecule has 0 atom stereocenters. The summed E-state index contributed by atoms with van der Waals surface area (Å²) in [6.07, 6.45) is 0.955. The smallest absolute Gasteiger partial charge is 0.404 e. The first-order valence-corrected chi connectivity index (χ1v) is 13.3. The molecule has 2 aromatic carbocycles. The predicted molar refractivity (Wildman–Crippen MR) is 150 cm³/mol. The summed E-state index contributed by atoms with van der Waals surface area (Å²) in [5.74, 6) is -0.612. The Balaban J connectivity index is 1.48. The molecule has 0 radical (unpaired) electrons. The summed E-state index contributed by atoms with van der Waals surface area (Å²) in [5, 5.41) is 13.8. The fourth-order valence-electron chi connectivity index (χ4n) is 4.84. The maximum absolute atomic E-state index is 13.5. The topological polar surface area (TPSA) is 83.2 Å². The normalized spacial score (nSPS) is 13.8. The maximum Gasteiger partial charge on any atom is 0.573 e. The van der Waals surface area contributed by atoms with Crippen molar-refractivity contribution < 1.29 is 22.7 Å². The van der Waals surface area contributed by atoms with Crippen molar-refractivity contribution in [1.29, 1.82) is 5.26 Å². The molecule has 41 heavy (non-hydrogen) atoms. The minimum atomic E-state index is -4.98. The highest BCUT2D eigenvalue weighted by Gasteiger charge is 2.34. The van der Waals surface area contributed by atoms with E-state index in [1.807, 2.05) is 24.3 Å². The lowest BCUT2D eigenvalue weighted by atomic mass is 10.0. The van der Waals surface area contributed by atoms with Gasteiger partial charge in [-0.05, 0) is 53.1 Å². The minimum Gasteiger partial charge on any atom is -0.404 e. The number of aromatic nitrogens is 2. The number of pyridine rings is 1. The van der Waals surface area contributed by atoms with Crippen LogP contribution in [-0.4, -0.2) is 39.9 Å². The van der Waals surface area contributed by atoms with Crippen LogP contribution in [-0.2, 0) is 19.5 Å². The zero-order valence-corrected chi connectivity index (χ0v) is 22.9. The molecular formula is C29H22Cl2F3N5O2. The van der Waals surface area contributed by atoms with Crippen LogP contribution in [0, 0.1) is 11.3 Å². The summed E-state index contributed by atoms with van der Waals surface area (Å²) in [7, 11) is 0. The summed E-state index contributed by atoms with van der Waals surface area (Å²) in [4.78, 5) is 19.5. The number of alkyl halides is 3. The number of nitrogens with one attached hydrogen (secondary N) is 1. The fourth-order valence-corrected chi connectivity index (χ4v) is 5.16. The van der Waals surface area contributed by atoms with Gasteiger partial charge in [-0.1, -0.05) is 47.5 Å². The third-order valence-electron chi connectivity index (χ3n) is 6.66. The molecule has 210 valence electrons. The quantitative estimate of drug-likeness (QED) is 0.243. The molecular weight excluding hydrogens is 578 g/mol. The number of rotatable bonds is 6. The van der Waals surface area contributed by atoms with Crippen LogP contribution in [0.5, 0.6) is 5.75 Å². The van der Waals surface area contributed by atoms with Gasteiger partial charge in [0, 0.05) is 54.9 Å². The summed E-state index contributed by atoms with van der Waals surface area (Å²) >= 11 is 11.9. The molecule has 7 nitrogen and oxygen atoms in total. The summed E-state index contributed by atoms with van der Waals surface area (Å²) in [5.41, 5.74) is 3.06. The number of ether oxygens (including phenoxy) is 1. The van der Waals surface area contributed by atoms with E-state index in [4.69, 9.17) is 23.2 Å². The molecule has 1 aliphatic rings. The van der Waals surface area contributed by atoms with E-state index in [-0.39, 0.29) is 17.3 Å². The van der Waals surface area contributed by atoms with Crippen molar-refractivity contribution in [3.63, 3.8) is 0 Å². The number of benzene rings is 2. The first-order valence-electron chi connectivity index (χ1n) is 12.5. The van der Waals surface area contributed by atoms with E-state index in [1.165, 1.54) is 22.9 Å². The Morgan fingerprint density at radius 1 is 1.17 bits per heavy atom. The van der Waals surface area contributed by atoms with Crippen LogP contribution in [0.4, 0.5) is 18.0 Å². The van der Waals surface area contributed by atoms with Gasteiger partial charge in [0.1, 0.15) is 17.0 Å². The number of fused-ring (bicyclic) bond motifs is 3. The Morgan fingerprint density at radius 2 is 1.95 bits per heavy atom. The van der Waals surface area contributed by atoms with Crippen molar-refractivity contribution in [2.45, 2.75) is 25.9 Å². The van der Waals surface area contributed by atoms with Crippen molar-refractivity contribution in [3.05, 3.63) is 98.9 Å². The number of carbonyl (C=O) groups excluding carboxylic acids is 1. The van der Waals surface area contributed by atoms with Crippen LogP contribution in [0.15, 0.2) is 60.8 Å². The van der Waals surface area contributed by atoms with Gasteiger partial charge in [0.05, 0.1) is 11.1 Å². The Bertz CT molecular complexity index is 1680. The summed E-state index contributed by atoms with van der Waals surface area (Å²) in [6, 6.07) is 14.5. The monoisotopic (exact) mass is 599 g/mol. The van der Waals surface area contributed by atoms with E-state index in [0.717, 1.165) is 11.1 Å². The first-order chi connectivity index (χ1) is 19.6. The van der Waals surface area contributed by atoms with E-state index in [0.29, 0.717) is 53.2 Å². The van der Waals surface area contributed by atoms with Gasteiger partial charge in [0.25, 0.3) is 0 Å². The molecule has 1 N–H and O–H groups in total. The lowest BCUT2D eigenvalue weighted by molar-refractivity contribution is -0.274. The van der Waals surface area contributed by atoms with Crippen molar-refractivity contribution in [2.75, 3.05) is 13.1 Å². The van der Waals surface area contributed by atoms with E-state index in [2.05, 4.69) is 19.9 Å². The van der Waals surface area contributed by atoms with Crippen LogP contribution < -0.4 is 10.1 Å².